The average molecular weight is 815 g/mol. The molecule has 1 aromatic heterocycles. The van der Waals surface area contributed by atoms with Crippen LogP contribution in [0.25, 0.3) is 61.3 Å². The largest absolute Gasteiger partial charge is 0.313 e. The Labute approximate surface area is 373 Å². The van der Waals surface area contributed by atoms with E-state index in [-0.39, 0.29) is 0 Å². The highest BCUT2D eigenvalue weighted by Gasteiger charge is 2.21. The fraction of sp³-hybridized carbons (Fsp3) is 0.148. The third-order valence-corrected chi connectivity index (χ3v) is 12.6. The number of para-hydroxylation sites is 1. The molecule has 0 saturated heterocycles. The van der Waals surface area contributed by atoms with Crippen molar-refractivity contribution < 1.29 is 0 Å². The van der Waals surface area contributed by atoms with Crippen LogP contribution in [-0.4, -0.2) is 4.57 Å². The number of nitrogens with zero attached hydrogens (tertiary/aromatic N) is 2. The molecule has 6 aromatic carbocycles. The fourth-order valence-electron chi connectivity index (χ4n) is 9.39. The van der Waals surface area contributed by atoms with Crippen molar-refractivity contribution in [3.05, 3.63) is 221 Å². The second-order valence-electron chi connectivity index (χ2n) is 16.6. The first-order valence-electron chi connectivity index (χ1n) is 22.4. The molecule has 0 amide bonds. The molecule has 0 unspecified atom stereocenters. The Bertz CT molecular complexity index is 3110. The molecule has 2 aliphatic rings. The summed E-state index contributed by atoms with van der Waals surface area (Å²) < 4.78 is 2.45. The molecule has 2 nitrogen and oxygen atoms in total. The Morgan fingerprint density at radius 2 is 1.44 bits per heavy atom. The second kappa shape index (κ2) is 18.3. The Kier molecular flexibility index (Phi) is 11.9. The lowest BCUT2D eigenvalue weighted by atomic mass is 9.90. The van der Waals surface area contributed by atoms with Crippen molar-refractivity contribution in [2.24, 2.45) is 0 Å². The molecular formula is C61H54N2. The van der Waals surface area contributed by atoms with E-state index in [1.165, 1.54) is 83.2 Å². The summed E-state index contributed by atoms with van der Waals surface area (Å²) in [5.74, 6) is 3.12. The minimum absolute atomic E-state index is 0.759. The highest BCUT2D eigenvalue weighted by molar-refractivity contribution is 6.00. The first kappa shape index (κ1) is 41.0. The third-order valence-electron chi connectivity index (χ3n) is 12.6. The van der Waals surface area contributed by atoms with Gasteiger partial charge in [-0.3, -0.25) is 0 Å². The lowest BCUT2D eigenvalue weighted by molar-refractivity contribution is 0.974. The van der Waals surface area contributed by atoms with Crippen molar-refractivity contribution in [2.75, 3.05) is 4.90 Å². The number of terminal acetylenes is 1. The molecule has 0 atom stereocenters. The maximum absolute atomic E-state index is 6.55. The van der Waals surface area contributed by atoms with Gasteiger partial charge in [0.05, 0.1) is 11.2 Å². The predicted octanol–water partition coefficient (Wildman–Crippen LogP) is 16.8. The molecule has 0 bridgehead atoms. The van der Waals surface area contributed by atoms with E-state index in [0.717, 1.165) is 54.7 Å². The SMILES string of the molecule is C#C/C(=C\C=C(/C)C1=CCCC=C1n1c(C)c(/C=C\CC)c2ccccc21)N(c1ccc(-c2cc(C3=CC=CCC3)cc3ccccc23)cc1)c1ccc(-c2ccccc2)c(C)c1. The summed E-state index contributed by atoms with van der Waals surface area (Å²) in [5, 5.41) is 3.77. The van der Waals surface area contributed by atoms with Gasteiger partial charge in [-0.25, -0.2) is 0 Å². The van der Waals surface area contributed by atoms with Gasteiger partial charge < -0.3 is 9.47 Å². The number of fused-ring (bicyclic) bond motifs is 2. The zero-order chi connectivity index (χ0) is 43.3. The summed E-state index contributed by atoms with van der Waals surface area (Å²) in [6, 6.07) is 48.4. The lowest BCUT2D eigenvalue weighted by Gasteiger charge is -2.26. The molecule has 0 fully saturated rings. The van der Waals surface area contributed by atoms with Crippen LogP contribution < -0.4 is 4.90 Å². The van der Waals surface area contributed by atoms with Crippen molar-refractivity contribution in [1.29, 1.82) is 0 Å². The van der Waals surface area contributed by atoms with Crippen LogP contribution in [0.15, 0.2) is 199 Å². The normalized spacial score (nSPS) is 14.5. The molecular weight excluding hydrogens is 761 g/mol. The number of hydrogen-bond donors (Lipinski definition) is 0. The zero-order valence-electron chi connectivity index (χ0n) is 36.9. The Morgan fingerprint density at radius 3 is 2.21 bits per heavy atom. The van der Waals surface area contributed by atoms with Crippen LogP contribution in [0.2, 0.25) is 0 Å². The zero-order valence-corrected chi connectivity index (χ0v) is 36.9. The summed E-state index contributed by atoms with van der Waals surface area (Å²) in [7, 11) is 0. The topological polar surface area (TPSA) is 8.17 Å². The minimum Gasteiger partial charge on any atom is -0.313 e. The molecule has 63 heavy (non-hydrogen) atoms. The van der Waals surface area contributed by atoms with Crippen molar-refractivity contribution in [3.63, 3.8) is 0 Å². The molecule has 2 heteroatoms. The monoisotopic (exact) mass is 814 g/mol. The van der Waals surface area contributed by atoms with Gasteiger partial charge in [0.25, 0.3) is 0 Å². The van der Waals surface area contributed by atoms with Gasteiger partial charge in [-0.15, -0.1) is 6.42 Å². The van der Waals surface area contributed by atoms with Crippen LogP contribution in [0.5, 0.6) is 0 Å². The van der Waals surface area contributed by atoms with Gasteiger partial charge in [0.1, 0.15) is 0 Å². The second-order valence-corrected chi connectivity index (χ2v) is 16.6. The summed E-state index contributed by atoms with van der Waals surface area (Å²) in [6.45, 7) is 8.84. The van der Waals surface area contributed by atoms with E-state index in [9.17, 15) is 0 Å². The Hall–Kier alpha value is -7.34. The van der Waals surface area contributed by atoms with Crippen LogP contribution in [0, 0.1) is 26.2 Å². The fourth-order valence-corrected chi connectivity index (χ4v) is 9.39. The van der Waals surface area contributed by atoms with Crippen molar-refractivity contribution >= 4 is 50.4 Å². The van der Waals surface area contributed by atoms with E-state index < -0.39 is 0 Å². The molecule has 2 aliphatic carbocycles. The smallest absolute Gasteiger partial charge is 0.0967 e. The van der Waals surface area contributed by atoms with E-state index in [2.05, 4.69) is 231 Å². The Balaban J connectivity index is 1.13. The molecule has 0 saturated carbocycles. The van der Waals surface area contributed by atoms with Gasteiger partial charge in [0, 0.05) is 33.7 Å². The van der Waals surface area contributed by atoms with Crippen LogP contribution in [-0.2, 0) is 0 Å². The van der Waals surface area contributed by atoms with E-state index in [1.807, 2.05) is 0 Å². The van der Waals surface area contributed by atoms with E-state index in [1.54, 1.807) is 0 Å². The number of aromatic nitrogens is 1. The maximum Gasteiger partial charge on any atom is 0.0967 e. The van der Waals surface area contributed by atoms with Crippen molar-refractivity contribution in [3.8, 4) is 34.6 Å². The predicted molar refractivity (Wildman–Crippen MR) is 273 cm³/mol. The van der Waals surface area contributed by atoms with Gasteiger partial charge in [-0.1, -0.05) is 152 Å². The standard InChI is InChI=1S/C61H54N2/c1-6-8-26-56-45(5)62(61-31-20-18-29-58(56)61)60-30-19-17-27-55(60)43(3)32-35-51(7-2)63(53-38-39-54(44(4)40-53)47-23-13-10-14-24-47)52-36-33-48(34-37-52)59-42-50(46-21-11-9-12-22-46)41-49-25-15-16-28-57(49)59/h2,8-11,13-16,18,20-21,23-42H,6,12,17,19,22H2,1,3-5H3/b26-8-,43-32+,51-35+. The molecule has 1 heterocycles. The molecule has 0 radical (unpaired) electrons. The van der Waals surface area contributed by atoms with Crippen LogP contribution in [0.3, 0.4) is 0 Å². The molecule has 9 rings (SSSR count). The number of hydrogen-bond acceptors (Lipinski definition) is 1. The minimum atomic E-state index is 0.759. The van der Waals surface area contributed by atoms with E-state index in [4.69, 9.17) is 6.42 Å². The van der Waals surface area contributed by atoms with Crippen LogP contribution in [0.1, 0.15) is 68.3 Å². The summed E-state index contributed by atoms with van der Waals surface area (Å²) >= 11 is 0. The first-order chi connectivity index (χ1) is 30.9. The lowest BCUT2D eigenvalue weighted by Crippen LogP contribution is -2.15. The molecule has 308 valence electrons. The van der Waals surface area contributed by atoms with E-state index >= 15 is 0 Å². The molecule has 7 aromatic rings. The Morgan fingerprint density at radius 1 is 0.714 bits per heavy atom. The summed E-state index contributed by atoms with van der Waals surface area (Å²) in [6.07, 6.45) is 32.0. The quantitative estimate of drug-likeness (QED) is 0.0933. The van der Waals surface area contributed by atoms with Gasteiger partial charge in [0.2, 0.25) is 0 Å². The first-order valence-corrected chi connectivity index (χ1v) is 22.4. The van der Waals surface area contributed by atoms with Crippen LogP contribution >= 0.6 is 0 Å². The number of benzene rings is 6. The van der Waals surface area contributed by atoms with Gasteiger partial charge in [-0.2, -0.15) is 0 Å². The molecule has 0 N–H and O–H groups in total. The van der Waals surface area contributed by atoms with Gasteiger partial charge >= 0.3 is 0 Å². The summed E-state index contributed by atoms with van der Waals surface area (Å²) in [5.41, 5.74) is 18.8. The van der Waals surface area contributed by atoms with Gasteiger partial charge in [0.15, 0.2) is 0 Å². The maximum atomic E-state index is 6.55. The molecule has 0 spiro atoms. The molecule has 0 aliphatic heterocycles. The number of anilines is 2. The van der Waals surface area contributed by atoms with Crippen molar-refractivity contribution in [1.82, 2.24) is 4.57 Å². The highest BCUT2D eigenvalue weighted by Crippen LogP contribution is 2.40. The summed E-state index contributed by atoms with van der Waals surface area (Å²) in [4.78, 5) is 2.23. The van der Waals surface area contributed by atoms with Crippen molar-refractivity contribution in [2.45, 2.75) is 59.8 Å². The number of allylic oxidation sites excluding steroid dienone is 13. The van der Waals surface area contributed by atoms with Crippen LogP contribution in [0.4, 0.5) is 11.4 Å². The third kappa shape index (κ3) is 8.24. The highest BCUT2D eigenvalue weighted by atomic mass is 15.1. The van der Waals surface area contributed by atoms with E-state index in [0.29, 0.717) is 0 Å². The number of rotatable bonds is 11. The number of aryl methyl sites for hydroxylation is 1. The van der Waals surface area contributed by atoms with Gasteiger partial charge in [-0.05, 0) is 162 Å². The average Bonchev–Trinajstić information content (AvgIpc) is 3.62.